The van der Waals surface area contributed by atoms with Crippen molar-refractivity contribution in [1.82, 2.24) is 25.5 Å². The normalized spacial score (nSPS) is 21.5. The van der Waals surface area contributed by atoms with Gasteiger partial charge in [0.15, 0.2) is 0 Å². The van der Waals surface area contributed by atoms with E-state index >= 15 is 0 Å². The number of aryl methyl sites for hydroxylation is 1. The molecule has 2 N–H and O–H groups in total. The number of aromatic nitrogens is 4. The zero-order valence-corrected chi connectivity index (χ0v) is 18.2. The third-order valence-corrected chi connectivity index (χ3v) is 6.15. The van der Waals surface area contributed by atoms with Crippen LogP contribution in [0.5, 0.6) is 5.75 Å². The molecule has 2 fully saturated rings. The second kappa shape index (κ2) is 9.12. The molecule has 0 radical (unpaired) electrons. The summed E-state index contributed by atoms with van der Waals surface area (Å²) in [5.74, 6) is 0.673. The number of H-pyrrole nitrogens is 1. The average Bonchev–Trinajstić information content (AvgIpc) is 3.27. The lowest BCUT2D eigenvalue weighted by Crippen LogP contribution is -2.40. The molecule has 1 aliphatic carbocycles. The first-order valence-electron chi connectivity index (χ1n) is 11.2. The molecule has 168 valence electrons. The van der Waals surface area contributed by atoms with Crippen LogP contribution in [-0.2, 0) is 4.74 Å². The maximum absolute atomic E-state index is 12.4. The number of ether oxygens (including phenoxy) is 2. The Hall–Kier alpha value is -3.20. The molecule has 5 rings (SSSR count). The Kier molecular flexibility index (Phi) is 5.89. The summed E-state index contributed by atoms with van der Waals surface area (Å²) in [6.45, 7) is 5.01. The van der Waals surface area contributed by atoms with Gasteiger partial charge in [-0.15, -0.1) is 0 Å². The van der Waals surface area contributed by atoms with E-state index in [1.807, 2.05) is 6.92 Å². The summed E-state index contributed by atoms with van der Waals surface area (Å²) in [5, 5.41) is 9.91. The van der Waals surface area contributed by atoms with Crippen LogP contribution in [0.1, 0.15) is 41.9 Å². The molecule has 2 aliphatic rings. The van der Waals surface area contributed by atoms with Gasteiger partial charge in [-0.05, 0) is 44.7 Å². The minimum absolute atomic E-state index is 0.0858. The van der Waals surface area contributed by atoms with E-state index in [0.29, 0.717) is 5.69 Å². The largest absolute Gasteiger partial charge is 0.488 e. The number of benzene rings is 1. The Labute approximate surface area is 186 Å². The summed E-state index contributed by atoms with van der Waals surface area (Å²) in [4.78, 5) is 23.7. The van der Waals surface area contributed by atoms with Gasteiger partial charge >= 0.3 is 0 Å². The lowest BCUT2D eigenvalue weighted by atomic mass is 9.92. The second-order valence-corrected chi connectivity index (χ2v) is 8.46. The molecule has 32 heavy (non-hydrogen) atoms. The number of carbonyl (C=O) groups is 1. The molecule has 0 bridgehead atoms. The maximum Gasteiger partial charge on any atom is 0.269 e. The Morgan fingerprint density at radius 2 is 1.91 bits per heavy atom. The average molecular weight is 437 g/mol. The minimum atomic E-state index is -0.102. The number of nitrogens with zero attached hydrogens (tertiary/aromatic N) is 4. The molecule has 9 heteroatoms. The third kappa shape index (κ3) is 4.52. The molecule has 1 amide bonds. The number of morpholine rings is 1. The van der Waals surface area contributed by atoms with Gasteiger partial charge in [0.05, 0.1) is 30.5 Å². The van der Waals surface area contributed by atoms with Crippen molar-refractivity contribution >= 4 is 22.6 Å². The fraction of sp³-hybridized carbons (Fsp3) is 0.478. The number of nitrogens with one attached hydrogen (secondary N) is 2. The highest BCUT2D eigenvalue weighted by Crippen LogP contribution is 2.33. The van der Waals surface area contributed by atoms with Crippen LogP contribution >= 0.6 is 0 Å². The minimum Gasteiger partial charge on any atom is -0.488 e. The number of aromatic amines is 1. The van der Waals surface area contributed by atoms with Gasteiger partial charge < -0.3 is 19.7 Å². The van der Waals surface area contributed by atoms with Crippen LogP contribution in [0.15, 0.2) is 30.6 Å². The molecular formula is C23H28N6O3. The Morgan fingerprint density at radius 3 is 2.66 bits per heavy atom. The fourth-order valence-electron chi connectivity index (χ4n) is 4.43. The highest BCUT2D eigenvalue weighted by molar-refractivity contribution is 5.92. The van der Waals surface area contributed by atoms with Gasteiger partial charge in [-0.2, -0.15) is 5.10 Å². The maximum atomic E-state index is 12.4. The van der Waals surface area contributed by atoms with E-state index in [1.54, 1.807) is 18.5 Å². The standard InChI is InChI=1S/C23H28N6O3/c1-15-12-20(28-27-15)23(30)26-16-2-4-18(5-3-16)32-21-14-17(29-8-10-31-11-9-29)13-19-22(21)25-7-6-24-19/h6-7,12-14,16,18H,2-5,8-11H2,1H3,(H,26,30)(H,27,28)/t16-,18+. The topological polar surface area (TPSA) is 105 Å². The Bertz CT molecular complexity index is 1090. The van der Waals surface area contributed by atoms with Crippen LogP contribution in [0.3, 0.4) is 0 Å². The molecular weight excluding hydrogens is 408 g/mol. The third-order valence-electron chi connectivity index (χ3n) is 6.15. The fourth-order valence-corrected chi connectivity index (χ4v) is 4.43. The number of anilines is 1. The zero-order chi connectivity index (χ0) is 21.9. The van der Waals surface area contributed by atoms with Crippen molar-refractivity contribution in [1.29, 1.82) is 0 Å². The number of hydrogen-bond acceptors (Lipinski definition) is 7. The van der Waals surface area contributed by atoms with Crippen molar-refractivity contribution in [3.8, 4) is 5.75 Å². The highest BCUT2D eigenvalue weighted by atomic mass is 16.5. The van der Waals surface area contributed by atoms with E-state index in [0.717, 1.165) is 80.2 Å². The zero-order valence-electron chi connectivity index (χ0n) is 18.2. The summed E-state index contributed by atoms with van der Waals surface area (Å²) >= 11 is 0. The predicted octanol–water partition coefficient (Wildman–Crippen LogP) is 2.62. The molecule has 0 atom stereocenters. The van der Waals surface area contributed by atoms with E-state index in [-0.39, 0.29) is 18.1 Å². The molecule has 0 spiro atoms. The summed E-state index contributed by atoms with van der Waals surface area (Å²) in [6.07, 6.45) is 6.99. The smallest absolute Gasteiger partial charge is 0.269 e. The quantitative estimate of drug-likeness (QED) is 0.633. The lowest BCUT2D eigenvalue weighted by molar-refractivity contribution is 0.0890. The van der Waals surface area contributed by atoms with Crippen LogP contribution in [0.4, 0.5) is 5.69 Å². The molecule has 2 aromatic heterocycles. The van der Waals surface area contributed by atoms with Gasteiger partial charge in [-0.1, -0.05) is 0 Å². The van der Waals surface area contributed by atoms with Crippen LogP contribution in [0, 0.1) is 6.92 Å². The number of hydrogen-bond donors (Lipinski definition) is 2. The lowest BCUT2D eigenvalue weighted by Gasteiger charge is -2.31. The van der Waals surface area contributed by atoms with Crippen molar-refractivity contribution in [3.63, 3.8) is 0 Å². The van der Waals surface area contributed by atoms with Gasteiger partial charge in [-0.25, -0.2) is 4.98 Å². The van der Waals surface area contributed by atoms with Gasteiger partial charge in [0.2, 0.25) is 0 Å². The van der Waals surface area contributed by atoms with E-state index in [2.05, 4.69) is 42.5 Å². The van der Waals surface area contributed by atoms with Crippen molar-refractivity contribution in [2.45, 2.75) is 44.8 Å². The van der Waals surface area contributed by atoms with Crippen LogP contribution in [0.2, 0.25) is 0 Å². The van der Waals surface area contributed by atoms with Gasteiger partial charge in [0.1, 0.15) is 17.0 Å². The Morgan fingerprint density at radius 1 is 1.12 bits per heavy atom. The molecule has 1 saturated heterocycles. The summed E-state index contributed by atoms with van der Waals surface area (Å²) in [7, 11) is 0. The molecule has 3 heterocycles. The molecule has 3 aromatic rings. The number of fused-ring (bicyclic) bond motifs is 1. The number of amides is 1. The summed E-state index contributed by atoms with van der Waals surface area (Å²) < 4.78 is 11.9. The van der Waals surface area contributed by atoms with Crippen molar-refractivity contribution in [3.05, 3.63) is 42.0 Å². The van der Waals surface area contributed by atoms with Gasteiger partial charge in [0.25, 0.3) is 5.91 Å². The molecule has 0 unspecified atom stereocenters. The van der Waals surface area contributed by atoms with Crippen molar-refractivity contribution in [2.24, 2.45) is 0 Å². The Balaban J connectivity index is 1.25. The highest BCUT2D eigenvalue weighted by Gasteiger charge is 2.25. The summed E-state index contributed by atoms with van der Waals surface area (Å²) in [6, 6.07) is 6.06. The monoisotopic (exact) mass is 436 g/mol. The van der Waals surface area contributed by atoms with Crippen LogP contribution in [0.25, 0.3) is 11.0 Å². The summed E-state index contributed by atoms with van der Waals surface area (Å²) in [5.41, 5.74) is 4.02. The van der Waals surface area contributed by atoms with Gasteiger partial charge in [-0.3, -0.25) is 14.9 Å². The van der Waals surface area contributed by atoms with E-state index in [1.165, 1.54) is 0 Å². The van der Waals surface area contributed by atoms with Crippen LogP contribution in [-0.4, -0.2) is 64.5 Å². The first-order chi connectivity index (χ1) is 15.7. The SMILES string of the molecule is Cc1cc(C(=O)N[C@H]2CC[C@@H](Oc3cc(N4CCOCC4)cc4nccnc34)CC2)[nH]n1. The molecule has 1 aliphatic heterocycles. The van der Waals surface area contributed by atoms with Crippen LogP contribution < -0.4 is 15.0 Å². The van der Waals surface area contributed by atoms with E-state index in [9.17, 15) is 4.79 Å². The van der Waals surface area contributed by atoms with E-state index < -0.39 is 0 Å². The van der Waals surface area contributed by atoms with Crippen molar-refractivity contribution < 1.29 is 14.3 Å². The second-order valence-electron chi connectivity index (χ2n) is 8.46. The number of rotatable bonds is 5. The van der Waals surface area contributed by atoms with Gasteiger partial charge in [0, 0.05) is 43.3 Å². The first kappa shape index (κ1) is 20.7. The van der Waals surface area contributed by atoms with Crippen molar-refractivity contribution in [2.75, 3.05) is 31.2 Å². The first-order valence-corrected chi connectivity index (χ1v) is 11.2. The molecule has 9 nitrogen and oxygen atoms in total. The number of carbonyl (C=O) groups excluding carboxylic acids is 1. The predicted molar refractivity (Wildman–Crippen MR) is 120 cm³/mol. The molecule has 1 aromatic carbocycles. The molecule has 1 saturated carbocycles. The van der Waals surface area contributed by atoms with E-state index in [4.69, 9.17) is 9.47 Å².